The van der Waals surface area contributed by atoms with Crippen LogP contribution in [0.25, 0.3) is 0 Å². The Hall–Kier alpha value is -1.98. The second-order valence-corrected chi connectivity index (χ2v) is 9.47. The van der Waals surface area contributed by atoms with E-state index in [2.05, 4.69) is 6.92 Å². The number of carbonyl (C=O) groups excluding carboxylic acids is 2. The van der Waals surface area contributed by atoms with Crippen molar-refractivity contribution in [2.24, 2.45) is 17.1 Å². The first-order valence-electron chi connectivity index (χ1n) is 11.8. The molecule has 0 saturated heterocycles. The normalized spacial score (nSPS) is 26.2. The van der Waals surface area contributed by atoms with Crippen LogP contribution in [0.4, 0.5) is 0 Å². The van der Waals surface area contributed by atoms with Gasteiger partial charge < -0.3 is 15.9 Å². The van der Waals surface area contributed by atoms with Crippen LogP contribution in [0.3, 0.4) is 0 Å². The summed E-state index contributed by atoms with van der Waals surface area (Å²) in [5.41, 5.74) is 6.97. The monoisotopic (exact) mass is 427 g/mol. The SMILES string of the molecule is CCCC1(C(O)c2cccc(C3C(O)CC(=O)C3C/C=C/CCCC(N)=O)c2)CCC1. The molecule has 4 atom stereocenters. The van der Waals surface area contributed by atoms with E-state index >= 15 is 0 Å². The number of ketones is 1. The van der Waals surface area contributed by atoms with Crippen LogP contribution in [-0.2, 0) is 9.59 Å². The number of aliphatic hydroxyl groups excluding tert-OH is 2. The second kappa shape index (κ2) is 10.6. The van der Waals surface area contributed by atoms with Gasteiger partial charge in [-0.3, -0.25) is 9.59 Å². The van der Waals surface area contributed by atoms with Crippen molar-refractivity contribution in [1.29, 1.82) is 0 Å². The molecule has 170 valence electrons. The zero-order valence-electron chi connectivity index (χ0n) is 18.6. The molecule has 0 radical (unpaired) electrons. The third-order valence-corrected chi connectivity index (χ3v) is 7.31. The maximum atomic E-state index is 12.6. The highest BCUT2D eigenvalue weighted by atomic mass is 16.3. The second-order valence-electron chi connectivity index (χ2n) is 9.47. The Balaban J connectivity index is 1.72. The lowest BCUT2D eigenvalue weighted by molar-refractivity contribution is -0.121. The summed E-state index contributed by atoms with van der Waals surface area (Å²) in [6.45, 7) is 2.16. The molecule has 1 aromatic rings. The fourth-order valence-electron chi connectivity index (χ4n) is 5.52. The van der Waals surface area contributed by atoms with E-state index in [1.807, 2.05) is 36.4 Å². The van der Waals surface area contributed by atoms with Gasteiger partial charge in [0.1, 0.15) is 5.78 Å². The lowest BCUT2D eigenvalue weighted by Gasteiger charge is -2.46. The molecule has 31 heavy (non-hydrogen) atoms. The molecule has 4 N–H and O–H groups in total. The van der Waals surface area contributed by atoms with Gasteiger partial charge >= 0.3 is 0 Å². The van der Waals surface area contributed by atoms with E-state index in [1.54, 1.807) is 0 Å². The van der Waals surface area contributed by atoms with E-state index in [9.17, 15) is 19.8 Å². The van der Waals surface area contributed by atoms with Gasteiger partial charge in [-0.25, -0.2) is 0 Å². The zero-order valence-corrected chi connectivity index (χ0v) is 18.6. The number of hydrogen-bond donors (Lipinski definition) is 3. The summed E-state index contributed by atoms with van der Waals surface area (Å²) < 4.78 is 0. The lowest BCUT2D eigenvalue weighted by Crippen LogP contribution is -2.36. The minimum absolute atomic E-state index is 0.0233. The third-order valence-electron chi connectivity index (χ3n) is 7.31. The average molecular weight is 428 g/mol. The first kappa shape index (κ1) is 23.7. The minimum Gasteiger partial charge on any atom is -0.392 e. The van der Waals surface area contributed by atoms with Crippen molar-refractivity contribution in [3.05, 3.63) is 47.5 Å². The summed E-state index contributed by atoms with van der Waals surface area (Å²) in [6.07, 6.45) is 10.7. The van der Waals surface area contributed by atoms with Gasteiger partial charge in [-0.2, -0.15) is 0 Å². The Morgan fingerprint density at radius 3 is 2.74 bits per heavy atom. The molecule has 2 aliphatic rings. The summed E-state index contributed by atoms with van der Waals surface area (Å²) >= 11 is 0. The van der Waals surface area contributed by atoms with E-state index < -0.39 is 12.2 Å². The molecule has 2 saturated carbocycles. The van der Waals surface area contributed by atoms with Gasteiger partial charge in [0.15, 0.2) is 0 Å². The van der Waals surface area contributed by atoms with E-state index in [4.69, 9.17) is 5.73 Å². The molecule has 4 unspecified atom stereocenters. The van der Waals surface area contributed by atoms with Gasteiger partial charge in [0.25, 0.3) is 0 Å². The minimum atomic E-state index is -0.693. The fraction of sp³-hybridized carbons (Fsp3) is 0.615. The summed E-state index contributed by atoms with van der Waals surface area (Å²) in [5, 5.41) is 21.8. The van der Waals surface area contributed by atoms with Gasteiger partial charge in [0, 0.05) is 30.1 Å². The topological polar surface area (TPSA) is 101 Å². The molecule has 1 amide bonds. The molecule has 0 aromatic heterocycles. The van der Waals surface area contributed by atoms with Crippen molar-refractivity contribution < 1.29 is 19.8 Å². The van der Waals surface area contributed by atoms with Crippen LogP contribution in [0, 0.1) is 11.3 Å². The maximum Gasteiger partial charge on any atom is 0.217 e. The Kier molecular flexibility index (Phi) is 8.06. The summed E-state index contributed by atoms with van der Waals surface area (Å²) in [5.74, 6) is -0.722. The molecule has 0 aliphatic heterocycles. The number of carbonyl (C=O) groups is 2. The number of amides is 1. The molecule has 0 spiro atoms. The van der Waals surface area contributed by atoms with Gasteiger partial charge in [-0.1, -0.05) is 56.2 Å². The third kappa shape index (κ3) is 5.45. The molecular formula is C26H37NO4. The van der Waals surface area contributed by atoms with E-state index in [1.165, 1.54) is 6.42 Å². The fourth-order valence-corrected chi connectivity index (χ4v) is 5.52. The number of primary amides is 1. The van der Waals surface area contributed by atoms with Crippen LogP contribution in [0.5, 0.6) is 0 Å². The summed E-state index contributed by atoms with van der Waals surface area (Å²) in [4.78, 5) is 23.4. The molecule has 2 aliphatic carbocycles. The number of Topliss-reactive ketones (excluding diaryl/α,β-unsaturated/α-hetero) is 1. The molecule has 2 fully saturated rings. The van der Waals surface area contributed by atoms with Crippen molar-refractivity contribution in [2.75, 3.05) is 0 Å². The number of allylic oxidation sites excluding steroid dienone is 2. The van der Waals surface area contributed by atoms with Crippen LogP contribution in [0.15, 0.2) is 36.4 Å². The first-order chi connectivity index (χ1) is 14.9. The van der Waals surface area contributed by atoms with Crippen molar-refractivity contribution in [3.63, 3.8) is 0 Å². The highest BCUT2D eigenvalue weighted by molar-refractivity contribution is 5.85. The van der Waals surface area contributed by atoms with Gasteiger partial charge in [-0.15, -0.1) is 0 Å². The van der Waals surface area contributed by atoms with Crippen molar-refractivity contribution >= 4 is 11.7 Å². The largest absolute Gasteiger partial charge is 0.392 e. The van der Waals surface area contributed by atoms with Crippen LogP contribution in [0.1, 0.15) is 94.3 Å². The molecule has 5 heteroatoms. The number of aliphatic hydroxyl groups is 2. The quantitative estimate of drug-likeness (QED) is 0.361. The highest BCUT2D eigenvalue weighted by Gasteiger charge is 2.44. The van der Waals surface area contributed by atoms with Gasteiger partial charge in [-0.05, 0) is 49.7 Å². The highest BCUT2D eigenvalue weighted by Crippen LogP contribution is 2.53. The number of unbranched alkanes of at least 4 members (excludes halogenated alkanes) is 1. The summed E-state index contributed by atoms with van der Waals surface area (Å²) in [7, 11) is 0. The lowest BCUT2D eigenvalue weighted by atomic mass is 9.61. The smallest absolute Gasteiger partial charge is 0.217 e. The molecule has 0 bridgehead atoms. The Bertz CT molecular complexity index is 798. The predicted octanol–water partition coefficient (Wildman–Crippen LogP) is 4.33. The summed E-state index contributed by atoms with van der Waals surface area (Å²) in [6, 6.07) is 7.90. The molecule has 0 heterocycles. The van der Waals surface area contributed by atoms with Crippen LogP contribution >= 0.6 is 0 Å². The van der Waals surface area contributed by atoms with E-state index in [0.29, 0.717) is 19.3 Å². The van der Waals surface area contributed by atoms with Crippen molar-refractivity contribution in [3.8, 4) is 0 Å². The van der Waals surface area contributed by atoms with E-state index in [-0.39, 0.29) is 35.4 Å². The van der Waals surface area contributed by atoms with Crippen LogP contribution in [-0.4, -0.2) is 28.0 Å². The van der Waals surface area contributed by atoms with E-state index in [0.717, 1.165) is 43.2 Å². The standard InChI is InChI=1S/C26H37NO4/c1-2-13-26(14-8-15-26)25(31)19-10-7-9-18(16-19)24-20(21(28)17-22(24)29)11-5-3-4-6-12-23(27)30/h3,5,7,9-10,16,20,22,24-25,29,31H,2,4,6,8,11-15,17H2,1H3,(H2,27,30)/b5-3+. The Morgan fingerprint density at radius 1 is 1.32 bits per heavy atom. The number of hydrogen-bond acceptors (Lipinski definition) is 4. The van der Waals surface area contributed by atoms with Crippen molar-refractivity contribution in [1.82, 2.24) is 0 Å². The molecular weight excluding hydrogens is 390 g/mol. The number of nitrogens with two attached hydrogens (primary N) is 1. The first-order valence-corrected chi connectivity index (χ1v) is 11.8. The predicted molar refractivity (Wildman–Crippen MR) is 121 cm³/mol. The number of rotatable bonds is 11. The Labute approximate surface area is 185 Å². The average Bonchev–Trinajstić information content (AvgIpc) is 2.99. The zero-order chi connectivity index (χ0) is 22.4. The number of benzene rings is 1. The van der Waals surface area contributed by atoms with Gasteiger partial charge in [0.05, 0.1) is 12.2 Å². The molecule has 1 aromatic carbocycles. The maximum absolute atomic E-state index is 12.6. The molecule has 3 rings (SSSR count). The Morgan fingerprint density at radius 2 is 2.10 bits per heavy atom. The van der Waals surface area contributed by atoms with Crippen molar-refractivity contribution in [2.45, 2.75) is 89.3 Å². The van der Waals surface area contributed by atoms with Gasteiger partial charge in [0.2, 0.25) is 5.91 Å². The molecule has 5 nitrogen and oxygen atoms in total. The van der Waals surface area contributed by atoms with Crippen LogP contribution < -0.4 is 5.73 Å². The van der Waals surface area contributed by atoms with Crippen LogP contribution in [0.2, 0.25) is 0 Å².